The fourth-order valence-corrected chi connectivity index (χ4v) is 2.45. The minimum absolute atomic E-state index is 0. The van der Waals surface area contributed by atoms with Gasteiger partial charge in [0.15, 0.2) is 0 Å². The van der Waals surface area contributed by atoms with Crippen molar-refractivity contribution in [1.82, 2.24) is 10.3 Å². The Morgan fingerprint density at radius 1 is 1.22 bits per heavy atom. The topological polar surface area (TPSA) is 57.3 Å². The van der Waals surface area contributed by atoms with Crippen molar-refractivity contribution in [2.75, 3.05) is 13.2 Å². The van der Waals surface area contributed by atoms with Gasteiger partial charge in [-0.15, -0.1) is 12.4 Å². The molecule has 2 aromatic carbocycles. The van der Waals surface area contributed by atoms with Crippen molar-refractivity contribution in [1.29, 1.82) is 0 Å². The highest BCUT2D eigenvalue weighted by atomic mass is 35.5. The van der Waals surface area contributed by atoms with Crippen LogP contribution in [0.15, 0.2) is 42.5 Å². The molecule has 3 aromatic rings. The zero-order valence-corrected chi connectivity index (χ0v) is 13.1. The molecule has 0 bridgehead atoms. The average Bonchev–Trinajstić information content (AvgIpc) is 3.01. The number of hydrogen-bond acceptors (Lipinski definition) is 3. The molecular weight excluding hydrogens is 312 g/mol. The number of aromatic amines is 1. The fraction of sp³-hybridized carbons (Fsp3) is 0.333. The predicted octanol–water partition coefficient (Wildman–Crippen LogP) is 3.48. The van der Waals surface area contributed by atoms with Gasteiger partial charge in [-0.3, -0.25) is 0 Å². The summed E-state index contributed by atoms with van der Waals surface area (Å²) < 4.78 is 57.9. The predicted molar refractivity (Wildman–Crippen MR) is 97.7 cm³/mol. The van der Waals surface area contributed by atoms with Gasteiger partial charge in [0.2, 0.25) is 0 Å². The third kappa shape index (κ3) is 3.96. The van der Waals surface area contributed by atoms with Crippen molar-refractivity contribution in [3.63, 3.8) is 0 Å². The maximum Gasteiger partial charge on any atom is 0.129 e. The molecule has 1 unspecified atom stereocenters. The number of ether oxygens (including phenoxy) is 1. The van der Waals surface area contributed by atoms with Crippen LogP contribution in [0, 0.1) is 0 Å². The van der Waals surface area contributed by atoms with Crippen LogP contribution < -0.4 is 10.1 Å². The van der Waals surface area contributed by atoms with Crippen molar-refractivity contribution in [3.05, 3.63) is 42.5 Å². The van der Waals surface area contributed by atoms with E-state index in [0.29, 0.717) is 5.75 Å². The molecule has 1 heterocycles. The van der Waals surface area contributed by atoms with Crippen molar-refractivity contribution in [2.24, 2.45) is 0 Å². The van der Waals surface area contributed by atoms with E-state index >= 15 is 0 Å². The Balaban J connectivity index is 0.00000320. The normalized spacial score (nSPS) is 18.6. The van der Waals surface area contributed by atoms with Gasteiger partial charge < -0.3 is 20.1 Å². The Labute approximate surface area is 152 Å². The molecule has 0 spiro atoms. The second kappa shape index (κ2) is 7.68. The lowest BCUT2D eigenvalue weighted by molar-refractivity contribution is 0.105. The van der Waals surface area contributed by atoms with Gasteiger partial charge >= 0.3 is 0 Å². The highest BCUT2D eigenvalue weighted by Gasteiger charge is 2.11. The molecule has 3 rings (SSSR count). The summed E-state index contributed by atoms with van der Waals surface area (Å²) in [5.41, 5.74) is 1.81. The molecule has 4 nitrogen and oxygen atoms in total. The number of nitrogens with one attached hydrogen (secondary N) is 2. The number of hydrogen-bond donors (Lipinski definition) is 3. The first-order valence-corrected chi connectivity index (χ1v) is 6.99. The van der Waals surface area contributed by atoms with E-state index in [1.165, 1.54) is 0 Å². The van der Waals surface area contributed by atoms with E-state index in [4.69, 9.17) is 14.3 Å². The van der Waals surface area contributed by atoms with Crippen LogP contribution in [0.25, 0.3) is 21.8 Å². The molecule has 0 amide bonds. The van der Waals surface area contributed by atoms with Crippen molar-refractivity contribution < 1.29 is 19.4 Å². The van der Waals surface area contributed by atoms with Gasteiger partial charge in [0, 0.05) is 38.4 Å². The smallest absolute Gasteiger partial charge is 0.129 e. The number of H-pyrrole nitrogens is 1. The lowest BCUT2D eigenvalue weighted by Gasteiger charge is -2.15. The Hall–Kier alpha value is -1.75. The van der Waals surface area contributed by atoms with Gasteiger partial charge in [0.05, 0.1) is 5.52 Å². The summed E-state index contributed by atoms with van der Waals surface area (Å²) in [7, 11) is 0. The third-order valence-corrected chi connectivity index (χ3v) is 3.44. The van der Waals surface area contributed by atoms with Gasteiger partial charge in [-0.2, -0.15) is 0 Å². The zero-order chi connectivity index (χ0) is 21.4. The van der Waals surface area contributed by atoms with Crippen LogP contribution in [0.2, 0.25) is 0 Å². The number of para-hydroxylation sites is 1. The molecule has 23 heavy (non-hydrogen) atoms. The highest BCUT2D eigenvalue weighted by Crippen LogP contribution is 2.32. The van der Waals surface area contributed by atoms with E-state index in [0.717, 1.165) is 21.8 Å². The number of aliphatic hydroxyl groups is 1. The van der Waals surface area contributed by atoms with Gasteiger partial charge in [-0.1, -0.05) is 38.0 Å². The maximum atomic E-state index is 10.2. The van der Waals surface area contributed by atoms with Crippen LogP contribution >= 0.6 is 12.4 Å². The Kier molecular flexibility index (Phi) is 3.40. The van der Waals surface area contributed by atoms with E-state index in [2.05, 4.69) is 10.3 Å². The van der Waals surface area contributed by atoms with Crippen LogP contribution in [0.4, 0.5) is 0 Å². The van der Waals surface area contributed by atoms with E-state index < -0.39 is 32.4 Å². The van der Waals surface area contributed by atoms with Crippen LogP contribution in [-0.2, 0) is 0 Å². The van der Waals surface area contributed by atoms with Gasteiger partial charge in [-0.25, -0.2) is 0 Å². The molecular formula is C18H23ClN2O2. The molecule has 0 radical (unpaired) electrons. The summed E-state index contributed by atoms with van der Waals surface area (Å²) in [6.07, 6.45) is -1.22. The molecule has 0 aliphatic carbocycles. The Bertz CT molecular complexity index is 990. The van der Waals surface area contributed by atoms with Crippen LogP contribution in [0.1, 0.15) is 23.3 Å². The minimum Gasteiger partial charge on any atom is -0.490 e. The standard InChI is InChI=1S/C18H22N2O2.ClH/c1-12(2)19-10-13(21)11-22-17-9-5-8-16-18(17)14-6-3-4-7-15(14)20-16;/h3-9,12-13,19-21H,10-11H2,1-2H3;1H/i1D3,2D3,12D;. The second-order valence-electron chi connectivity index (χ2n) is 5.07. The minimum atomic E-state index is -3.10. The Morgan fingerprint density at radius 3 is 2.83 bits per heavy atom. The van der Waals surface area contributed by atoms with Crippen molar-refractivity contribution >= 4 is 34.2 Å². The quantitative estimate of drug-likeness (QED) is 0.643. The zero-order valence-electron chi connectivity index (χ0n) is 19.3. The van der Waals surface area contributed by atoms with Crippen molar-refractivity contribution in [3.8, 4) is 5.75 Å². The SMILES string of the molecule is Cl.[2H]C([2H])([2H])C([2H])(NCC(O)COc1cccc2[nH]c3ccccc3c12)C([2H])([2H])[2H]. The van der Waals surface area contributed by atoms with Crippen LogP contribution in [0.3, 0.4) is 0 Å². The third-order valence-electron chi connectivity index (χ3n) is 3.44. The first-order valence-electron chi connectivity index (χ1n) is 10.5. The molecule has 0 saturated carbocycles. The van der Waals surface area contributed by atoms with Crippen molar-refractivity contribution in [2.45, 2.75) is 25.8 Å². The average molecular weight is 342 g/mol. The molecule has 124 valence electrons. The number of aromatic nitrogens is 1. The van der Waals surface area contributed by atoms with E-state index in [-0.39, 0.29) is 19.0 Å². The second-order valence-corrected chi connectivity index (χ2v) is 5.07. The molecule has 3 N–H and O–H groups in total. The number of aliphatic hydroxyl groups excluding tert-OH is 1. The monoisotopic (exact) mass is 341 g/mol. The molecule has 0 aliphatic heterocycles. The molecule has 1 atom stereocenters. The molecule has 0 saturated heterocycles. The number of benzene rings is 2. The number of halogens is 1. The van der Waals surface area contributed by atoms with Gasteiger partial charge in [-0.05, 0) is 18.2 Å². The van der Waals surface area contributed by atoms with Gasteiger partial charge in [0.25, 0.3) is 0 Å². The van der Waals surface area contributed by atoms with E-state index in [1.54, 1.807) is 12.1 Å². The number of rotatable bonds is 6. The summed E-state index contributed by atoms with van der Waals surface area (Å²) in [5.74, 6) is 0.530. The first kappa shape index (κ1) is 10.2. The fourth-order valence-electron chi connectivity index (χ4n) is 2.45. The van der Waals surface area contributed by atoms with Crippen LogP contribution in [-0.4, -0.2) is 35.4 Å². The van der Waals surface area contributed by atoms with E-state index in [9.17, 15) is 5.11 Å². The molecule has 5 heteroatoms. The summed E-state index contributed by atoms with van der Waals surface area (Å²) in [5, 5.41) is 14.2. The van der Waals surface area contributed by atoms with E-state index in [1.807, 2.05) is 30.3 Å². The summed E-state index contributed by atoms with van der Waals surface area (Å²) >= 11 is 0. The highest BCUT2D eigenvalue weighted by molar-refractivity contribution is 6.10. The molecule has 0 aliphatic rings. The van der Waals surface area contributed by atoms with Gasteiger partial charge in [0.1, 0.15) is 18.5 Å². The molecule has 1 aromatic heterocycles. The summed E-state index contributed by atoms with van der Waals surface area (Å²) in [6.45, 7) is -6.84. The summed E-state index contributed by atoms with van der Waals surface area (Å²) in [4.78, 5) is 3.28. The largest absolute Gasteiger partial charge is 0.490 e. The lowest BCUT2D eigenvalue weighted by Crippen LogP contribution is -2.35. The Morgan fingerprint density at radius 2 is 2.00 bits per heavy atom. The number of fused-ring (bicyclic) bond motifs is 3. The first-order chi connectivity index (χ1) is 13.4. The summed E-state index contributed by atoms with van der Waals surface area (Å²) in [6, 6.07) is 10.3. The maximum absolute atomic E-state index is 10.2. The lowest BCUT2D eigenvalue weighted by atomic mass is 10.1. The molecule has 0 fully saturated rings. The van der Waals surface area contributed by atoms with Crippen LogP contribution in [0.5, 0.6) is 5.75 Å².